The van der Waals surface area contributed by atoms with Crippen LogP contribution in [-0.4, -0.2) is 16.7 Å². The van der Waals surface area contributed by atoms with Gasteiger partial charge in [0.05, 0.1) is 5.69 Å². The van der Waals surface area contributed by atoms with Gasteiger partial charge >= 0.3 is 5.97 Å². The number of anilines is 1. The summed E-state index contributed by atoms with van der Waals surface area (Å²) in [6.07, 6.45) is 0.497. The minimum absolute atomic E-state index is 0.0169. The van der Waals surface area contributed by atoms with E-state index in [9.17, 15) is 9.59 Å². The van der Waals surface area contributed by atoms with Crippen LogP contribution in [-0.2, 0) is 14.3 Å². The fraction of sp³-hybridized carbons (Fsp3) is 0.263. The number of ether oxygens (including phenoxy) is 1. The maximum atomic E-state index is 13.0. The first kappa shape index (κ1) is 15.3. The Morgan fingerprint density at radius 1 is 1.17 bits per heavy atom. The van der Waals surface area contributed by atoms with Crippen LogP contribution in [0.2, 0.25) is 0 Å². The summed E-state index contributed by atoms with van der Waals surface area (Å²) < 4.78 is 5.75. The van der Waals surface area contributed by atoms with Crippen molar-refractivity contribution in [3.8, 4) is 0 Å². The number of rotatable bonds is 3. The molecule has 0 unspecified atom stereocenters. The predicted octanol–water partition coefficient (Wildman–Crippen LogP) is 3.92. The Hall–Kier alpha value is -2.27. The van der Waals surface area contributed by atoms with Gasteiger partial charge in [0.1, 0.15) is 6.10 Å². The second-order valence-electron chi connectivity index (χ2n) is 6.04. The second-order valence-corrected chi connectivity index (χ2v) is 7.36. The lowest BCUT2D eigenvalue weighted by Crippen LogP contribution is -2.48. The van der Waals surface area contributed by atoms with Crippen LogP contribution < -0.4 is 4.90 Å². The summed E-state index contributed by atoms with van der Waals surface area (Å²) >= 11 is 1.43. The standard InChI is InChI=1S/C19H17NO3S/c1-13(14-7-3-2-4-8-14)23-18(22)19-12-11-17(21)20(19)15-9-5-6-10-16(15)24-19/h2-10,13H,11-12H2,1H3/t13-,19-/m0/s1. The summed E-state index contributed by atoms with van der Waals surface area (Å²) in [6, 6.07) is 17.3. The molecule has 2 aliphatic rings. The molecule has 0 aliphatic carbocycles. The van der Waals surface area contributed by atoms with E-state index < -0.39 is 4.87 Å². The van der Waals surface area contributed by atoms with Gasteiger partial charge in [0.2, 0.25) is 5.91 Å². The number of hydrogen-bond donors (Lipinski definition) is 0. The number of para-hydroxylation sites is 1. The maximum absolute atomic E-state index is 13.0. The smallest absolute Gasteiger partial charge is 0.344 e. The van der Waals surface area contributed by atoms with Crippen LogP contribution in [0.4, 0.5) is 5.69 Å². The van der Waals surface area contributed by atoms with Gasteiger partial charge in [0.25, 0.3) is 0 Å². The first-order valence-electron chi connectivity index (χ1n) is 7.99. The molecule has 0 aromatic heterocycles. The topological polar surface area (TPSA) is 46.6 Å². The summed E-state index contributed by atoms with van der Waals surface area (Å²) in [4.78, 5) is 27.0. The van der Waals surface area contributed by atoms with Crippen molar-refractivity contribution in [2.24, 2.45) is 0 Å². The third-order valence-electron chi connectivity index (χ3n) is 4.55. The molecule has 2 atom stereocenters. The zero-order chi connectivity index (χ0) is 16.7. The van der Waals surface area contributed by atoms with Crippen molar-refractivity contribution < 1.29 is 14.3 Å². The van der Waals surface area contributed by atoms with Gasteiger partial charge in [0, 0.05) is 17.7 Å². The van der Waals surface area contributed by atoms with Gasteiger partial charge in [-0.05, 0) is 24.6 Å². The molecule has 1 saturated heterocycles. The van der Waals surface area contributed by atoms with Gasteiger partial charge < -0.3 is 4.74 Å². The Kier molecular flexibility index (Phi) is 3.61. The molecule has 5 heteroatoms. The molecule has 4 nitrogen and oxygen atoms in total. The molecular formula is C19H17NO3S. The molecule has 0 N–H and O–H groups in total. The molecule has 4 rings (SSSR count). The van der Waals surface area contributed by atoms with Crippen LogP contribution in [0.5, 0.6) is 0 Å². The van der Waals surface area contributed by atoms with Crippen molar-refractivity contribution in [3.05, 3.63) is 60.2 Å². The van der Waals surface area contributed by atoms with E-state index in [-0.39, 0.29) is 18.0 Å². The zero-order valence-electron chi connectivity index (χ0n) is 13.3. The van der Waals surface area contributed by atoms with Gasteiger partial charge in [-0.3, -0.25) is 9.69 Å². The van der Waals surface area contributed by atoms with E-state index >= 15 is 0 Å². The molecule has 1 fully saturated rings. The quantitative estimate of drug-likeness (QED) is 0.795. The highest BCUT2D eigenvalue weighted by molar-refractivity contribution is 8.02. The first-order valence-corrected chi connectivity index (χ1v) is 8.80. The Balaban J connectivity index is 1.63. The normalized spacial score (nSPS) is 22.9. The monoisotopic (exact) mass is 339 g/mol. The van der Waals surface area contributed by atoms with E-state index in [2.05, 4.69) is 0 Å². The van der Waals surface area contributed by atoms with E-state index in [1.165, 1.54) is 11.8 Å². The van der Waals surface area contributed by atoms with E-state index in [1.807, 2.05) is 61.5 Å². The van der Waals surface area contributed by atoms with Crippen LogP contribution in [0, 0.1) is 0 Å². The van der Waals surface area contributed by atoms with E-state index in [0.717, 1.165) is 16.1 Å². The van der Waals surface area contributed by atoms with Crippen molar-refractivity contribution in [2.75, 3.05) is 4.90 Å². The molecule has 2 aromatic rings. The van der Waals surface area contributed by atoms with Crippen LogP contribution in [0.3, 0.4) is 0 Å². The van der Waals surface area contributed by atoms with E-state index in [0.29, 0.717) is 12.8 Å². The Labute approximate surface area is 144 Å². The molecule has 122 valence electrons. The SMILES string of the molecule is C[C@H](OC(=O)[C@@]12CCC(=O)N1c1ccccc1S2)c1ccccc1. The summed E-state index contributed by atoms with van der Waals surface area (Å²) in [5.74, 6) is -0.359. The van der Waals surface area contributed by atoms with Crippen molar-refractivity contribution in [1.82, 2.24) is 0 Å². The average Bonchev–Trinajstić information content (AvgIpc) is 3.12. The highest BCUT2D eigenvalue weighted by atomic mass is 32.2. The van der Waals surface area contributed by atoms with Crippen LogP contribution >= 0.6 is 11.8 Å². The van der Waals surface area contributed by atoms with Gasteiger partial charge in [-0.25, -0.2) is 4.79 Å². The fourth-order valence-corrected chi connectivity index (χ4v) is 4.72. The molecule has 0 spiro atoms. The molecule has 0 saturated carbocycles. The third-order valence-corrected chi connectivity index (χ3v) is 6.00. The number of carbonyl (C=O) groups is 2. The van der Waals surface area contributed by atoms with E-state index in [4.69, 9.17) is 4.74 Å². The van der Waals surface area contributed by atoms with Crippen molar-refractivity contribution in [3.63, 3.8) is 0 Å². The van der Waals surface area contributed by atoms with Gasteiger partial charge in [0.15, 0.2) is 4.87 Å². The largest absolute Gasteiger partial charge is 0.455 e. The number of carbonyl (C=O) groups excluding carboxylic acids is 2. The molecule has 2 heterocycles. The van der Waals surface area contributed by atoms with Crippen LogP contribution in [0.1, 0.15) is 31.4 Å². The fourth-order valence-electron chi connectivity index (χ4n) is 3.32. The van der Waals surface area contributed by atoms with Crippen molar-refractivity contribution >= 4 is 29.3 Å². The highest BCUT2D eigenvalue weighted by Crippen LogP contribution is 2.56. The Morgan fingerprint density at radius 2 is 1.88 bits per heavy atom. The number of thioether (sulfide) groups is 1. The highest BCUT2D eigenvalue weighted by Gasteiger charge is 2.58. The van der Waals surface area contributed by atoms with Crippen molar-refractivity contribution in [2.45, 2.75) is 35.6 Å². The zero-order valence-corrected chi connectivity index (χ0v) is 14.1. The lowest BCUT2D eigenvalue weighted by molar-refractivity contribution is -0.151. The number of hydrogen-bond acceptors (Lipinski definition) is 4. The second kappa shape index (κ2) is 5.67. The molecule has 2 aromatic carbocycles. The predicted molar refractivity (Wildman–Crippen MR) is 92.7 cm³/mol. The van der Waals surface area contributed by atoms with Crippen LogP contribution in [0.15, 0.2) is 59.5 Å². The molecule has 0 bridgehead atoms. The van der Waals surface area contributed by atoms with Gasteiger partial charge in [-0.1, -0.05) is 54.2 Å². The Morgan fingerprint density at radius 3 is 2.67 bits per heavy atom. The summed E-state index contributed by atoms with van der Waals surface area (Å²) in [5, 5.41) is 0. The maximum Gasteiger partial charge on any atom is 0.344 e. The van der Waals surface area contributed by atoms with E-state index in [1.54, 1.807) is 4.90 Å². The van der Waals surface area contributed by atoms with Gasteiger partial charge in [-0.2, -0.15) is 0 Å². The number of esters is 1. The average molecular weight is 339 g/mol. The first-order chi connectivity index (χ1) is 11.6. The molecule has 1 amide bonds. The Bertz CT molecular complexity index is 807. The number of amides is 1. The minimum Gasteiger partial charge on any atom is -0.455 e. The number of benzene rings is 2. The molecule has 24 heavy (non-hydrogen) atoms. The third kappa shape index (κ3) is 2.23. The molecular weight excluding hydrogens is 322 g/mol. The number of nitrogens with zero attached hydrogens (tertiary/aromatic N) is 1. The minimum atomic E-state index is -0.955. The van der Waals surface area contributed by atoms with Gasteiger partial charge in [-0.15, -0.1) is 0 Å². The summed E-state index contributed by atoms with van der Waals surface area (Å²) in [6.45, 7) is 1.86. The van der Waals surface area contributed by atoms with Crippen molar-refractivity contribution in [1.29, 1.82) is 0 Å². The van der Waals surface area contributed by atoms with Crippen LogP contribution in [0.25, 0.3) is 0 Å². The lowest BCUT2D eigenvalue weighted by Gasteiger charge is -2.30. The summed E-state index contributed by atoms with van der Waals surface area (Å²) in [7, 11) is 0. The lowest BCUT2D eigenvalue weighted by atomic mass is 10.1. The summed E-state index contributed by atoms with van der Waals surface area (Å²) in [5.41, 5.74) is 1.76. The number of fused-ring (bicyclic) bond motifs is 3. The molecule has 0 radical (unpaired) electrons. The molecule has 2 aliphatic heterocycles.